The molecule has 1 atom stereocenters. The van der Waals surface area contributed by atoms with E-state index in [0.717, 1.165) is 35.8 Å². The molecular weight excluding hydrogens is 345 g/mol. The predicted octanol–water partition coefficient (Wildman–Crippen LogP) is 2.48. The summed E-state index contributed by atoms with van der Waals surface area (Å²) < 4.78 is 19.3. The number of pyridine rings is 1. The van der Waals surface area contributed by atoms with Gasteiger partial charge >= 0.3 is 0 Å². The van der Waals surface area contributed by atoms with E-state index in [4.69, 9.17) is 4.74 Å². The molecule has 6 nitrogen and oxygen atoms in total. The van der Waals surface area contributed by atoms with Crippen molar-refractivity contribution in [3.63, 3.8) is 0 Å². The molecule has 27 heavy (non-hydrogen) atoms. The Kier molecular flexibility index (Phi) is 6.11. The van der Waals surface area contributed by atoms with Crippen LogP contribution in [0.25, 0.3) is 0 Å². The van der Waals surface area contributed by atoms with Crippen LogP contribution in [0.5, 0.6) is 5.75 Å². The molecule has 1 aliphatic heterocycles. The van der Waals surface area contributed by atoms with Crippen molar-refractivity contribution >= 4 is 11.8 Å². The third-order valence-corrected chi connectivity index (χ3v) is 4.60. The second kappa shape index (κ2) is 8.70. The second-order valence-corrected chi connectivity index (χ2v) is 6.67. The van der Waals surface area contributed by atoms with Crippen LogP contribution < -0.4 is 20.3 Å². The molecule has 0 radical (unpaired) electrons. The number of hydrogen-bond acceptors (Lipinski definition) is 4. The number of aryl methyl sites for hydroxylation is 1. The summed E-state index contributed by atoms with van der Waals surface area (Å²) >= 11 is 0. The molecular formula is C20H26FN5O. The fourth-order valence-corrected chi connectivity index (χ4v) is 3.30. The summed E-state index contributed by atoms with van der Waals surface area (Å²) in [5.74, 6) is 1.70. The van der Waals surface area contributed by atoms with Gasteiger partial charge in [0.15, 0.2) is 17.6 Å². The highest BCUT2D eigenvalue weighted by atomic mass is 19.1. The summed E-state index contributed by atoms with van der Waals surface area (Å²) in [5, 5.41) is 6.75. The van der Waals surface area contributed by atoms with Crippen molar-refractivity contribution < 1.29 is 9.13 Å². The van der Waals surface area contributed by atoms with Gasteiger partial charge in [-0.25, -0.2) is 9.37 Å². The van der Waals surface area contributed by atoms with Crippen molar-refractivity contribution in [2.45, 2.75) is 25.9 Å². The lowest BCUT2D eigenvalue weighted by atomic mass is 10.1. The third kappa shape index (κ3) is 4.87. The Bertz CT molecular complexity index is 811. The van der Waals surface area contributed by atoms with Gasteiger partial charge in [0.25, 0.3) is 0 Å². The number of methoxy groups -OCH3 is 1. The topological polar surface area (TPSA) is 61.8 Å². The maximum atomic E-state index is 13.9. The monoisotopic (exact) mass is 371 g/mol. The van der Waals surface area contributed by atoms with Crippen LogP contribution in [0, 0.1) is 12.7 Å². The van der Waals surface area contributed by atoms with Gasteiger partial charge in [-0.1, -0.05) is 6.07 Å². The molecule has 1 aromatic heterocycles. The summed E-state index contributed by atoms with van der Waals surface area (Å²) in [6.07, 6.45) is 2.52. The van der Waals surface area contributed by atoms with E-state index in [1.54, 1.807) is 26.4 Å². The molecule has 2 heterocycles. The smallest absolute Gasteiger partial charge is 0.191 e. The minimum atomic E-state index is -0.283. The molecule has 1 saturated heterocycles. The van der Waals surface area contributed by atoms with E-state index in [2.05, 4.69) is 26.7 Å². The first-order chi connectivity index (χ1) is 13.1. The van der Waals surface area contributed by atoms with Crippen molar-refractivity contribution in [1.82, 2.24) is 15.6 Å². The Morgan fingerprint density at radius 1 is 1.41 bits per heavy atom. The van der Waals surface area contributed by atoms with E-state index in [1.165, 1.54) is 6.07 Å². The molecule has 0 spiro atoms. The first-order valence-electron chi connectivity index (χ1n) is 9.06. The quantitative estimate of drug-likeness (QED) is 0.625. The molecule has 1 unspecified atom stereocenters. The minimum Gasteiger partial charge on any atom is -0.497 e. The molecule has 1 aliphatic rings. The number of aromatic nitrogens is 1. The normalized spacial score (nSPS) is 17.1. The lowest BCUT2D eigenvalue weighted by Crippen LogP contribution is -2.44. The van der Waals surface area contributed by atoms with Gasteiger partial charge < -0.3 is 20.3 Å². The molecule has 2 N–H and O–H groups in total. The number of benzene rings is 1. The summed E-state index contributed by atoms with van der Waals surface area (Å²) in [5.41, 5.74) is 2.27. The number of nitrogens with zero attached hydrogens (tertiary/aromatic N) is 3. The Morgan fingerprint density at radius 2 is 2.26 bits per heavy atom. The zero-order valence-electron chi connectivity index (χ0n) is 16.0. The summed E-state index contributed by atoms with van der Waals surface area (Å²) in [4.78, 5) is 10.4. The van der Waals surface area contributed by atoms with Gasteiger partial charge in [0.1, 0.15) is 5.75 Å². The van der Waals surface area contributed by atoms with Crippen LogP contribution in [0.1, 0.15) is 17.5 Å². The summed E-state index contributed by atoms with van der Waals surface area (Å²) in [6.45, 7) is 4.14. The van der Waals surface area contributed by atoms with Crippen molar-refractivity contribution in [3.8, 4) is 5.75 Å². The predicted molar refractivity (Wildman–Crippen MR) is 106 cm³/mol. The molecule has 0 saturated carbocycles. The molecule has 0 amide bonds. The van der Waals surface area contributed by atoms with Gasteiger partial charge in [-0.05, 0) is 48.7 Å². The maximum Gasteiger partial charge on any atom is 0.191 e. The van der Waals surface area contributed by atoms with Gasteiger partial charge in [-0.15, -0.1) is 0 Å². The number of ether oxygens (including phenoxy) is 1. The lowest BCUT2D eigenvalue weighted by Gasteiger charge is -2.20. The molecule has 0 aliphatic carbocycles. The van der Waals surface area contributed by atoms with E-state index < -0.39 is 0 Å². The Balaban J connectivity index is 1.55. The van der Waals surface area contributed by atoms with Crippen LogP contribution in [0.3, 0.4) is 0 Å². The molecule has 1 fully saturated rings. The summed E-state index contributed by atoms with van der Waals surface area (Å²) in [6, 6.07) is 9.36. The zero-order chi connectivity index (χ0) is 19.2. The number of nitrogens with one attached hydrogen (secondary N) is 2. The van der Waals surface area contributed by atoms with Crippen LogP contribution in [-0.4, -0.2) is 44.2 Å². The van der Waals surface area contributed by atoms with E-state index in [9.17, 15) is 4.39 Å². The average molecular weight is 371 g/mol. The number of halogens is 1. The molecule has 0 bridgehead atoms. The highest BCUT2D eigenvalue weighted by molar-refractivity contribution is 5.80. The third-order valence-electron chi connectivity index (χ3n) is 4.60. The highest BCUT2D eigenvalue weighted by Crippen LogP contribution is 2.21. The number of guanidine groups is 1. The molecule has 1 aromatic carbocycles. The van der Waals surface area contributed by atoms with Gasteiger partial charge in [-0.3, -0.25) is 4.99 Å². The minimum absolute atomic E-state index is 0.185. The Labute approximate surface area is 159 Å². The van der Waals surface area contributed by atoms with E-state index in [-0.39, 0.29) is 11.9 Å². The largest absolute Gasteiger partial charge is 0.497 e. The van der Waals surface area contributed by atoms with Crippen LogP contribution in [0.4, 0.5) is 10.2 Å². The number of hydrogen-bond donors (Lipinski definition) is 2. The number of anilines is 1. The van der Waals surface area contributed by atoms with Crippen molar-refractivity contribution in [2.75, 3.05) is 32.1 Å². The fraction of sp³-hybridized carbons (Fsp3) is 0.400. The van der Waals surface area contributed by atoms with E-state index >= 15 is 0 Å². The van der Waals surface area contributed by atoms with E-state index in [0.29, 0.717) is 18.9 Å². The van der Waals surface area contributed by atoms with Gasteiger partial charge in [0.2, 0.25) is 0 Å². The molecule has 144 valence electrons. The first-order valence-corrected chi connectivity index (χ1v) is 9.06. The van der Waals surface area contributed by atoms with Gasteiger partial charge in [0, 0.05) is 38.9 Å². The maximum absolute atomic E-state index is 13.9. The standard InChI is InChI=1S/C20H26FN5O/c1-14-9-15(11-17(10-14)27-3)12-24-20(22-2)25-16-6-8-26(13-16)19-18(21)5-4-7-23-19/h4-5,7,9-11,16H,6,8,12-13H2,1-3H3,(H2,22,24,25). The van der Waals surface area contributed by atoms with Crippen molar-refractivity contribution in [3.05, 3.63) is 53.5 Å². The van der Waals surface area contributed by atoms with Crippen molar-refractivity contribution in [1.29, 1.82) is 0 Å². The molecule has 3 rings (SSSR count). The fourth-order valence-electron chi connectivity index (χ4n) is 3.30. The van der Waals surface area contributed by atoms with E-state index in [1.807, 2.05) is 24.0 Å². The first kappa shape index (κ1) is 18.9. The Morgan fingerprint density at radius 3 is 3.00 bits per heavy atom. The molecule has 2 aromatic rings. The average Bonchev–Trinajstić information content (AvgIpc) is 3.13. The zero-order valence-corrected chi connectivity index (χ0v) is 16.0. The van der Waals surface area contributed by atoms with Crippen LogP contribution in [-0.2, 0) is 6.54 Å². The Hall–Kier alpha value is -2.83. The van der Waals surface area contributed by atoms with Crippen LogP contribution in [0.2, 0.25) is 0 Å². The highest BCUT2D eigenvalue weighted by Gasteiger charge is 2.25. The van der Waals surface area contributed by atoms with Crippen molar-refractivity contribution in [2.24, 2.45) is 4.99 Å². The second-order valence-electron chi connectivity index (χ2n) is 6.67. The summed E-state index contributed by atoms with van der Waals surface area (Å²) in [7, 11) is 3.42. The van der Waals surface area contributed by atoms with Crippen LogP contribution >= 0.6 is 0 Å². The van der Waals surface area contributed by atoms with Gasteiger partial charge in [0.05, 0.1) is 7.11 Å². The SMILES string of the molecule is CN=C(NCc1cc(C)cc(OC)c1)NC1CCN(c2ncccc2F)C1. The lowest BCUT2D eigenvalue weighted by molar-refractivity contribution is 0.414. The molecule has 7 heteroatoms. The van der Waals surface area contributed by atoms with Crippen LogP contribution in [0.15, 0.2) is 41.5 Å². The van der Waals surface area contributed by atoms with Gasteiger partial charge in [-0.2, -0.15) is 0 Å². The number of rotatable bonds is 5. The number of aliphatic imine (C=N–C) groups is 1.